The van der Waals surface area contributed by atoms with Crippen molar-refractivity contribution in [3.8, 4) is 0 Å². The van der Waals surface area contributed by atoms with E-state index in [9.17, 15) is 0 Å². The second-order valence-electron chi connectivity index (χ2n) is 3.04. The third kappa shape index (κ3) is 6.36. The van der Waals surface area contributed by atoms with Crippen LogP contribution < -0.4 is 0 Å². The van der Waals surface area contributed by atoms with Gasteiger partial charge in [-0.3, -0.25) is 0 Å². The first-order chi connectivity index (χ1) is 6.62. The van der Waals surface area contributed by atoms with Crippen LogP contribution in [-0.4, -0.2) is 85.4 Å². The third-order valence-corrected chi connectivity index (χ3v) is 4.07. The van der Waals surface area contributed by atoms with Gasteiger partial charge in [-0.15, -0.1) is 23.2 Å². The summed E-state index contributed by atoms with van der Waals surface area (Å²) in [6.07, 6.45) is -0.618. The molecule has 0 aromatic rings. The van der Waals surface area contributed by atoms with E-state index < -0.39 is 8.57 Å². The molecule has 0 bridgehead atoms. The Labute approximate surface area is 121 Å². The number of halogens is 2. The van der Waals surface area contributed by atoms with Crippen LogP contribution in [0.2, 0.25) is 8.57 Å². The van der Waals surface area contributed by atoms with Crippen molar-refractivity contribution in [3.63, 3.8) is 0 Å². The van der Waals surface area contributed by atoms with Gasteiger partial charge in [-0.25, -0.2) is 0 Å². The van der Waals surface area contributed by atoms with E-state index in [2.05, 4.69) is 61.5 Å². The van der Waals surface area contributed by atoms with Gasteiger partial charge in [0, 0.05) is 73.2 Å². The van der Waals surface area contributed by atoms with Crippen LogP contribution in [-0.2, 0) is 4.74 Å². The Morgan fingerprint density at radius 3 is 1.20 bits per heavy atom. The van der Waals surface area contributed by atoms with Gasteiger partial charge in [-0.05, 0) is 8.57 Å². The van der Waals surface area contributed by atoms with Gasteiger partial charge in [-0.2, -0.15) is 0 Å². The molecule has 0 fully saturated rings. The van der Waals surface area contributed by atoms with Crippen molar-refractivity contribution in [1.29, 1.82) is 0 Å². The van der Waals surface area contributed by atoms with Crippen LogP contribution in [0.1, 0.15) is 0 Å². The fourth-order valence-corrected chi connectivity index (χ4v) is 3.11. The van der Waals surface area contributed by atoms with Crippen molar-refractivity contribution < 1.29 is 4.74 Å². The first kappa shape index (κ1) is 16.8. The molecular weight excluding hydrogens is 327 g/mol. The molecule has 18 radical (unpaired) electrons. The highest BCUT2D eigenvalue weighted by molar-refractivity contribution is 6.60. The molecule has 0 spiro atoms. The normalized spacial score (nSPS) is 17.6. The predicted molar refractivity (Wildman–Crippen MR) is 70.0 cm³/mol. The van der Waals surface area contributed by atoms with Gasteiger partial charge >= 0.3 is 0 Å². The maximum absolute atomic E-state index is 5.79. The molecule has 0 saturated heterocycles. The van der Waals surface area contributed by atoms with E-state index in [-0.39, 0.29) is 12.2 Å². The molecule has 0 aliphatic carbocycles. The minimum absolute atomic E-state index is 0.296. The third-order valence-electron chi connectivity index (χ3n) is 1.57. The summed E-state index contributed by atoms with van der Waals surface area (Å²) >= 11 is 11.6. The lowest BCUT2D eigenvalue weighted by Crippen LogP contribution is -2.43. The summed E-state index contributed by atoms with van der Waals surface area (Å²) in [5, 5.41) is 0. The smallest absolute Gasteiger partial charge is 0.0681 e. The zero-order valence-corrected chi connectivity index (χ0v) is 15.2. The van der Waals surface area contributed by atoms with Gasteiger partial charge in [0.25, 0.3) is 0 Å². The van der Waals surface area contributed by atoms with Crippen molar-refractivity contribution in [2.45, 2.75) is 20.8 Å². The summed E-state index contributed by atoms with van der Waals surface area (Å²) in [5.41, 5.74) is 0. The molecule has 0 aliphatic heterocycles. The fourth-order valence-electron chi connectivity index (χ4n) is 0.707. The minimum Gasteiger partial charge on any atom is -0.373 e. The van der Waals surface area contributed by atoms with Crippen LogP contribution in [0.5, 0.6) is 0 Å². The molecule has 0 heterocycles. The van der Waals surface area contributed by atoms with Crippen LogP contribution in [0, 0.1) is 0 Å². The molecule has 2 atom stereocenters. The predicted octanol–water partition coefficient (Wildman–Crippen LogP) is -0.624. The second kappa shape index (κ2) is 6.69. The highest BCUT2D eigenvalue weighted by atomic mass is 35.5. The lowest BCUT2D eigenvalue weighted by molar-refractivity contribution is 0.0138. The van der Waals surface area contributed by atoms with Crippen molar-refractivity contribution in [1.82, 2.24) is 0 Å². The van der Waals surface area contributed by atoms with E-state index >= 15 is 0 Å². The molecule has 15 heavy (non-hydrogen) atoms. The Morgan fingerprint density at radius 2 is 1.07 bits per heavy atom. The first-order valence-corrected chi connectivity index (χ1v) is 7.97. The van der Waals surface area contributed by atoms with Gasteiger partial charge in [0.05, 0.1) is 12.2 Å². The topological polar surface area (TPSA) is 9.23 Å². The Bertz CT molecular complexity index is 171. The summed E-state index contributed by atoms with van der Waals surface area (Å²) in [5.74, 6) is 0.593. The zero-order chi connectivity index (χ0) is 12.3. The Kier molecular flexibility index (Phi) is 7.51. The van der Waals surface area contributed by atoms with Crippen LogP contribution in [0.4, 0.5) is 0 Å². The summed E-state index contributed by atoms with van der Waals surface area (Å²) in [6, 6.07) is 0. The molecule has 74 valence electrons. The van der Waals surface area contributed by atoms with Crippen molar-refractivity contribution in [3.05, 3.63) is 0 Å². The minimum atomic E-state index is -0.595. The van der Waals surface area contributed by atoms with Gasteiger partial charge in [-0.1, -0.05) is 0 Å². The highest BCUT2D eigenvalue weighted by Gasteiger charge is 2.32. The molecule has 9 heteroatoms. The lowest BCUT2D eigenvalue weighted by Gasteiger charge is -2.37. The van der Waals surface area contributed by atoms with Gasteiger partial charge in [0.1, 0.15) is 0 Å². The summed E-state index contributed by atoms with van der Waals surface area (Å²) in [6.45, 7) is 0. The Morgan fingerprint density at radius 1 is 0.800 bits per heavy atom. The molecule has 0 N–H and O–H groups in total. The number of alkyl halides is 2. The lowest BCUT2D eigenvalue weighted by atomic mass is 10.4. The summed E-state index contributed by atoms with van der Waals surface area (Å²) < 4.78 is 4.53. The molecule has 0 aliphatic rings. The van der Waals surface area contributed by atoms with E-state index in [1.54, 1.807) is 0 Å². The fraction of sp³-hybridized carbons (Fsp3) is 1.00. The zero-order valence-electron chi connectivity index (χ0n) is 7.73. The second-order valence-corrected chi connectivity index (χ2v) is 11.4. The molecule has 0 aromatic carbocycles. The van der Waals surface area contributed by atoms with Crippen molar-refractivity contribution in [2.75, 3.05) is 11.8 Å². The van der Waals surface area contributed by atoms with Crippen molar-refractivity contribution >= 4 is 84.7 Å². The van der Waals surface area contributed by atoms with E-state index in [0.29, 0.717) is 11.8 Å². The van der Waals surface area contributed by atoms with Crippen LogP contribution in [0.15, 0.2) is 0 Å². The average Bonchev–Trinajstić information content (AvgIpc) is 2.01. The van der Waals surface area contributed by atoms with E-state index in [1.165, 1.54) is 0 Å². The van der Waals surface area contributed by atoms with Crippen LogP contribution in [0.25, 0.3) is 0 Å². The van der Waals surface area contributed by atoms with Crippen molar-refractivity contribution in [2.24, 2.45) is 0 Å². The molecular formula is C6H6Cl2OSi6. The van der Waals surface area contributed by atoms with E-state index in [0.717, 1.165) is 0 Å². The quantitative estimate of drug-likeness (QED) is 0.465. The number of hydrogen-bond acceptors (Lipinski definition) is 1. The maximum atomic E-state index is 5.79. The largest absolute Gasteiger partial charge is 0.373 e. The van der Waals surface area contributed by atoms with Gasteiger partial charge in [0.15, 0.2) is 0 Å². The molecule has 0 rings (SSSR count). The molecule has 1 nitrogen and oxygen atoms in total. The molecule has 0 amide bonds. The Hall–Kier alpha value is 1.84. The van der Waals surface area contributed by atoms with Gasteiger partial charge in [0.2, 0.25) is 0 Å². The monoisotopic (exact) mass is 332 g/mol. The summed E-state index contributed by atoms with van der Waals surface area (Å²) in [7, 11) is 20.5. The molecule has 0 saturated carbocycles. The number of rotatable bonds is 6. The van der Waals surface area contributed by atoms with E-state index in [1.807, 2.05) is 0 Å². The molecule has 2 unspecified atom stereocenters. The summed E-state index contributed by atoms with van der Waals surface area (Å²) in [4.78, 5) is 0. The number of hydrogen-bond donors (Lipinski definition) is 0. The standard InChI is InChI=1S/C6H6Cl2OSi6/c7-1-3(5(10,11)12)9-4(2-8)6(13,14)15/h3-4H,1-2H2. The SMILES string of the molecule is [Si]C([Si])([Si])C(CCl)OC(CCl)C([Si])([Si])[Si]. The maximum Gasteiger partial charge on any atom is 0.0681 e. The number of ether oxygens (including phenoxy) is 1. The van der Waals surface area contributed by atoms with Gasteiger partial charge < -0.3 is 4.74 Å². The average molecular weight is 334 g/mol. The van der Waals surface area contributed by atoms with Crippen LogP contribution in [0.3, 0.4) is 0 Å². The molecule has 0 aromatic heterocycles. The highest BCUT2D eigenvalue weighted by Crippen LogP contribution is 2.28. The van der Waals surface area contributed by atoms with E-state index in [4.69, 9.17) is 27.9 Å². The Balaban J connectivity index is 4.52. The first-order valence-electron chi connectivity index (χ1n) is 3.90. The van der Waals surface area contributed by atoms with Crippen LogP contribution >= 0.6 is 23.2 Å².